The van der Waals surface area contributed by atoms with Crippen molar-refractivity contribution in [2.45, 2.75) is 26.1 Å². The maximum Gasteiger partial charge on any atom is 0.423 e. The maximum atomic E-state index is 14.3. The first-order chi connectivity index (χ1) is 17.1. The summed E-state index contributed by atoms with van der Waals surface area (Å²) >= 11 is 0. The highest BCUT2D eigenvalue weighted by atomic mass is 19.4. The highest BCUT2D eigenvalue weighted by Gasteiger charge is 2.39. The van der Waals surface area contributed by atoms with Crippen molar-refractivity contribution >= 4 is 28.9 Å². The van der Waals surface area contributed by atoms with Crippen molar-refractivity contribution < 1.29 is 27.3 Å². The van der Waals surface area contributed by atoms with Crippen LogP contribution in [0.3, 0.4) is 0 Å². The lowest BCUT2D eigenvalue weighted by atomic mass is 10.0. The lowest BCUT2D eigenvalue weighted by Crippen LogP contribution is -2.32. The van der Waals surface area contributed by atoms with Crippen LogP contribution >= 0.6 is 0 Å². The number of carbonyl (C=O) groups is 1. The number of nitrogens with one attached hydrogen (secondary N) is 2. The predicted molar refractivity (Wildman–Crippen MR) is 120 cm³/mol. The largest absolute Gasteiger partial charge is 0.423 e. The van der Waals surface area contributed by atoms with E-state index in [1.807, 2.05) is 0 Å². The second-order valence-corrected chi connectivity index (χ2v) is 7.79. The molecule has 3 aromatic rings. The zero-order valence-corrected chi connectivity index (χ0v) is 18.8. The number of hydrogen-bond acceptors (Lipinski definition) is 8. The zero-order chi connectivity index (χ0) is 26.0. The minimum Gasteiger partial charge on any atom is -0.365 e. The van der Waals surface area contributed by atoms with Gasteiger partial charge in [0.1, 0.15) is 23.5 Å². The van der Waals surface area contributed by atoms with Gasteiger partial charge in [-0.3, -0.25) is 14.9 Å². The Balaban J connectivity index is 1.57. The number of amides is 1. The van der Waals surface area contributed by atoms with Crippen molar-refractivity contribution in [1.82, 2.24) is 20.3 Å². The third-order valence-electron chi connectivity index (χ3n) is 5.53. The summed E-state index contributed by atoms with van der Waals surface area (Å²) in [6.45, 7) is 2.44. The molecule has 2 N–H and O–H groups in total. The van der Waals surface area contributed by atoms with Crippen LogP contribution in [0, 0.1) is 16.1 Å². The molecule has 1 amide bonds. The van der Waals surface area contributed by atoms with Crippen LogP contribution in [0.5, 0.6) is 0 Å². The number of pyridine rings is 1. The molecule has 3 heterocycles. The molecule has 0 spiro atoms. The van der Waals surface area contributed by atoms with Crippen LogP contribution in [0.25, 0.3) is 0 Å². The second-order valence-electron chi connectivity index (χ2n) is 7.79. The molecule has 188 valence electrons. The Morgan fingerprint density at radius 2 is 2.00 bits per heavy atom. The molecule has 0 atom stereocenters. The van der Waals surface area contributed by atoms with Crippen molar-refractivity contribution in [3.05, 3.63) is 75.1 Å². The first-order valence-electron chi connectivity index (χ1n) is 10.7. The lowest BCUT2D eigenvalue weighted by molar-refractivity contribution is -0.388. The SMILES string of the molecule is CCNC(=O)c1ccc(Nc2ncnc3c2CCN(c2ccc([N+](=O)[O-])c(C(F)(F)F)c2)C3)nc1F. The van der Waals surface area contributed by atoms with Gasteiger partial charge in [-0.25, -0.2) is 15.0 Å². The standard InChI is InChI=1S/C22H19F4N7O3/c1-2-27-21(34)14-4-6-18(30-19(14)23)31-20-13-7-8-32(10-16(13)28-11-29-20)12-3-5-17(33(35)36)15(9-12)22(24,25)26/h3-6,9,11H,2,7-8,10H2,1H3,(H,27,34)(H,28,29,30,31). The number of nitro groups is 1. The topological polar surface area (TPSA) is 126 Å². The van der Waals surface area contributed by atoms with E-state index in [0.29, 0.717) is 30.0 Å². The summed E-state index contributed by atoms with van der Waals surface area (Å²) in [6, 6.07) is 5.57. The normalized spacial score (nSPS) is 13.2. The Hall–Kier alpha value is -4.36. The Morgan fingerprint density at radius 1 is 1.22 bits per heavy atom. The molecule has 0 bridgehead atoms. The Labute approximate surface area is 201 Å². The van der Waals surface area contributed by atoms with Gasteiger partial charge in [-0.2, -0.15) is 17.6 Å². The number of carbonyl (C=O) groups excluding carboxylic acids is 1. The van der Waals surface area contributed by atoms with Gasteiger partial charge in [-0.1, -0.05) is 0 Å². The summed E-state index contributed by atoms with van der Waals surface area (Å²) in [5.74, 6) is -1.10. The van der Waals surface area contributed by atoms with Crippen LogP contribution < -0.4 is 15.5 Å². The molecule has 1 aliphatic heterocycles. The molecule has 0 unspecified atom stereocenters. The fourth-order valence-electron chi connectivity index (χ4n) is 3.84. The molecule has 0 radical (unpaired) electrons. The first kappa shape index (κ1) is 24.8. The van der Waals surface area contributed by atoms with E-state index in [1.54, 1.807) is 11.8 Å². The minimum atomic E-state index is -4.89. The predicted octanol–water partition coefficient (Wildman–Crippen LogP) is 3.99. The van der Waals surface area contributed by atoms with Crippen molar-refractivity contribution in [2.75, 3.05) is 23.3 Å². The van der Waals surface area contributed by atoms with Crippen LogP contribution in [-0.2, 0) is 19.1 Å². The fourth-order valence-corrected chi connectivity index (χ4v) is 3.84. The third kappa shape index (κ3) is 5.01. The molecular weight excluding hydrogens is 486 g/mol. The summed E-state index contributed by atoms with van der Waals surface area (Å²) in [5.41, 5.74) is -1.20. The minimum absolute atomic E-state index is 0.106. The Morgan fingerprint density at radius 3 is 2.67 bits per heavy atom. The highest BCUT2D eigenvalue weighted by molar-refractivity contribution is 5.94. The van der Waals surface area contributed by atoms with E-state index in [4.69, 9.17) is 0 Å². The molecule has 0 fully saturated rings. The van der Waals surface area contributed by atoms with Gasteiger partial charge in [0.2, 0.25) is 5.95 Å². The van der Waals surface area contributed by atoms with Crippen molar-refractivity contribution in [2.24, 2.45) is 0 Å². The van der Waals surface area contributed by atoms with Crippen molar-refractivity contribution in [3.8, 4) is 0 Å². The highest BCUT2D eigenvalue weighted by Crippen LogP contribution is 2.39. The number of hydrogen-bond donors (Lipinski definition) is 2. The van der Waals surface area contributed by atoms with Gasteiger partial charge in [-0.15, -0.1) is 0 Å². The van der Waals surface area contributed by atoms with Gasteiger partial charge in [0.15, 0.2) is 0 Å². The van der Waals surface area contributed by atoms with E-state index < -0.39 is 34.2 Å². The Bertz CT molecular complexity index is 1330. The van der Waals surface area contributed by atoms with Gasteiger partial charge in [0.05, 0.1) is 22.7 Å². The second kappa shape index (κ2) is 9.71. The first-order valence-corrected chi connectivity index (χ1v) is 10.7. The third-order valence-corrected chi connectivity index (χ3v) is 5.53. The van der Waals surface area contributed by atoms with E-state index >= 15 is 0 Å². The maximum absolute atomic E-state index is 14.3. The number of benzene rings is 1. The van der Waals surface area contributed by atoms with Gasteiger partial charge in [-0.05, 0) is 37.6 Å². The number of rotatable bonds is 6. The summed E-state index contributed by atoms with van der Waals surface area (Å²) in [6.07, 6.45) is -3.31. The molecule has 14 heteroatoms. The fraction of sp³-hybridized carbons (Fsp3) is 0.273. The Kier molecular flexibility index (Phi) is 6.68. The van der Waals surface area contributed by atoms with Crippen molar-refractivity contribution in [1.29, 1.82) is 0 Å². The van der Waals surface area contributed by atoms with Crippen LogP contribution in [0.15, 0.2) is 36.7 Å². The molecular formula is C22H19F4N7O3. The smallest absolute Gasteiger partial charge is 0.365 e. The van der Waals surface area contributed by atoms with Gasteiger partial charge >= 0.3 is 6.18 Å². The van der Waals surface area contributed by atoms with Crippen LogP contribution in [0.2, 0.25) is 0 Å². The van der Waals surface area contributed by atoms with E-state index in [2.05, 4.69) is 25.6 Å². The monoisotopic (exact) mass is 505 g/mol. The average Bonchev–Trinajstić information content (AvgIpc) is 2.83. The summed E-state index contributed by atoms with van der Waals surface area (Å²) in [7, 11) is 0. The quantitative estimate of drug-likeness (QED) is 0.223. The molecule has 36 heavy (non-hydrogen) atoms. The van der Waals surface area contributed by atoms with Crippen LogP contribution in [-0.4, -0.2) is 38.9 Å². The van der Waals surface area contributed by atoms with Gasteiger partial charge < -0.3 is 15.5 Å². The molecule has 1 aromatic carbocycles. The molecule has 1 aliphatic rings. The summed E-state index contributed by atoms with van der Waals surface area (Å²) in [5, 5.41) is 16.4. The number of nitrogens with zero attached hydrogens (tertiary/aromatic N) is 5. The molecule has 0 aliphatic carbocycles. The number of fused-ring (bicyclic) bond motifs is 1. The van der Waals surface area contributed by atoms with Crippen LogP contribution in [0.1, 0.15) is 34.1 Å². The number of anilines is 3. The number of halogens is 4. The molecule has 0 saturated carbocycles. The zero-order valence-electron chi connectivity index (χ0n) is 18.8. The van der Waals surface area contributed by atoms with Crippen LogP contribution in [0.4, 0.5) is 40.6 Å². The van der Waals surface area contributed by atoms with E-state index in [9.17, 15) is 32.5 Å². The van der Waals surface area contributed by atoms with E-state index in [0.717, 1.165) is 12.1 Å². The number of nitro benzene ring substituents is 1. The van der Waals surface area contributed by atoms with Crippen molar-refractivity contribution in [3.63, 3.8) is 0 Å². The van der Waals surface area contributed by atoms with Gasteiger partial charge in [0, 0.05) is 30.4 Å². The van der Waals surface area contributed by atoms with Gasteiger partial charge in [0.25, 0.3) is 11.6 Å². The summed E-state index contributed by atoms with van der Waals surface area (Å²) < 4.78 is 54.5. The average molecular weight is 505 g/mol. The number of alkyl halides is 3. The molecule has 2 aromatic heterocycles. The lowest BCUT2D eigenvalue weighted by Gasteiger charge is -2.31. The van der Waals surface area contributed by atoms with E-state index in [1.165, 1.54) is 24.5 Å². The molecule has 10 nitrogen and oxygen atoms in total. The van der Waals surface area contributed by atoms with E-state index in [-0.39, 0.29) is 30.2 Å². The summed E-state index contributed by atoms with van der Waals surface area (Å²) in [4.78, 5) is 35.6. The molecule has 4 rings (SSSR count). The molecule has 0 saturated heterocycles. The number of aromatic nitrogens is 3.